The quantitative estimate of drug-likeness (QED) is 0.112. The molecule has 0 unspecified atom stereocenters. The van der Waals surface area contributed by atoms with Crippen molar-refractivity contribution in [2.24, 2.45) is 11.8 Å². The monoisotopic (exact) mass is 1020 g/mol. The van der Waals surface area contributed by atoms with Crippen LogP contribution in [0.15, 0.2) is 95.7 Å². The minimum absolute atomic E-state index is 0. The van der Waals surface area contributed by atoms with Crippen molar-refractivity contribution in [1.29, 1.82) is 0 Å². The van der Waals surface area contributed by atoms with Crippen molar-refractivity contribution in [3.05, 3.63) is 137 Å². The van der Waals surface area contributed by atoms with E-state index in [0.717, 1.165) is 52.0 Å². The second-order valence-corrected chi connectivity index (χ2v) is 28.8. The van der Waals surface area contributed by atoms with Gasteiger partial charge in [-0.3, -0.25) is 0 Å². The molecule has 1 saturated carbocycles. The molecule has 3 aromatic heterocycles. The van der Waals surface area contributed by atoms with Gasteiger partial charge in [-0.1, -0.05) is 85.0 Å². The molecular formula is C53H57FGeIrN2O-2. The molecule has 59 heavy (non-hydrogen) atoms. The van der Waals surface area contributed by atoms with Gasteiger partial charge in [0.25, 0.3) is 0 Å². The van der Waals surface area contributed by atoms with Gasteiger partial charge in [0.15, 0.2) is 0 Å². The number of hydrogen-bond donors (Lipinski definition) is 0. The standard InChI is InChI=1S/C34H32NO.C19H25FGeN.Ir/c1-2-8-23(9-3-1)20-24-18-19-35-32(21-24)31-15-7-14-30-29-17-16-26(22-33(29)36-34(30)31)28-13-6-11-25-10-4-5-12-27(25)28;1-13(2)10-15-11-18(22-12-17(15)21(4,5)6)16-9-7-8-14(3)19(16)20;/h6-7,11,13-14,16-19,21-23H,1-5,8-10,12,20H2;7-8,11-13H,10H2,1-6H3;/q2*-1;. The predicted octanol–water partition coefficient (Wildman–Crippen LogP) is 13.9. The van der Waals surface area contributed by atoms with E-state index in [2.05, 4.69) is 109 Å². The number of fused-ring (bicyclic) bond motifs is 4. The van der Waals surface area contributed by atoms with Crippen molar-refractivity contribution in [3.63, 3.8) is 0 Å². The molecule has 6 heteroatoms. The van der Waals surface area contributed by atoms with Gasteiger partial charge in [-0.05, 0) is 78.1 Å². The predicted molar refractivity (Wildman–Crippen MR) is 243 cm³/mol. The van der Waals surface area contributed by atoms with E-state index >= 15 is 0 Å². The van der Waals surface area contributed by atoms with Crippen LogP contribution >= 0.6 is 0 Å². The number of aromatic nitrogens is 2. The van der Waals surface area contributed by atoms with Crippen LogP contribution in [0.2, 0.25) is 17.3 Å². The first-order valence-corrected chi connectivity index (χ1v) is 29.0. The minimum Gasteiger partial charge on any atom is -0.501 e. The Hall–Kier alpha value is -3.90. The smallest absolute Gasteiger partial charge is 0.121 e. The van der Waals surface area contributed by atoms with Crippen molar-refractivity contribution in [1.82, 2.24) is 9.97 Å². The third-order valence-electron chi connectivity index (χ3n) is 12.3. The molecule has 0 amide bonds. The molecule has 0 N–H and O–H groups in total. The van der Waals surface area contributed by atoms with Gasteiger partial charge >= 0.3 is 136 Å². The second-order valence-electron chi connectivity index (χ2n) is 18.2. The van der Waals surface area contributed by atoms with E-state index in [4.69, 9.17) is 9.40 Å². The number of aryl methyl sites for hydroxylation is 2. The van der Waals surface area contributed by atoms with Crippen LogP contribution in [0.1, 0.15) is 86.6 Å². The topological polar surface area (TPSA) is 38.9 Å². The third-order valence-corrected chi connectivity index (χ3v) is 16.6. The van der Waals surface area contributed by atoms with Gasteiger partial charge < -0.3 is 9.40 Å². The maximum absolute atomic E-state index is 14.4. The molecule has 1 fully saturated rings. The normalized spacial score (nSPS) is 14.5. The van der Waals surface area contributed by atoms with E-state index in [9.17, 15) is 4.39 Å². The van der Waals surface area contributed by atoms with E-state index in [1.807, 2.05) is 18.5 Å². The Labute approximate surface area is 367 Å². The van der Waals surface area contributed by atoms with E-state index in [1.165, 1.54) is 95.6 Å². The van der Waals surface area contributed by atoms with Crippen LogP contribution in [0, 0.1) is 36.7 Å². The summed E-state index contributed by atoms with van der Waals surface area (Å²) in [6, 6.07) is 34.2. The van der Waals surface area contributed by atoms with Crippen molar-refractivity contribution in [2.45, 2.75) is 109 Å². The van der Waals surface area contributed by atoms with Gasteiger partial charge in [-0.2, -0.15) is 0 Å². The van der Waals surface area contributed by atoms with Crippen molar-refractivity contribution >= 4 is 39.6 Å². The average Bonchev–Trinajstić information content (AvgIpc) is 3.60. The zero-order valence-corrected chi connectivity index (χ0v) is 40.1. The molecule has 4 aromatic carbocycles. The van der Waals surface area contributed by atoms with Gasteiger partial charge in [-0.15, -0.1) is 18.2 Å². The Kier molecular flexibility index (Phi) is 13.8. The zero-order chi connectivity index (χ0) is 40.4. The summed E-state index contributed by atoms with van der Waals surface area (Å²) in [5.74, 6) is 8.29. The van der Waals surface area contributed by atoms with Gasteiger partial charge in [0.2, 0.25) is 0 Å². The molecule has 307 valence electrons. The number of nitrogens with zero attached hydrogens (tertiary/aromatic N) is 2. The van der Waals surface area contributed by atoms with Crippen LogP contribution in [0.3, 0.4) is 0 Å². The summed E-state index contributed by atoms with van der Waals surface area (Å²) in [5, 5.41) is 2.30. The minimum atomic E-state index is -1.98. The van der Waals surface area contributed by atoms with E-state index in [1.54, 1.807) is 19.1 Å². The van der Waals surface area contributed by atoms with Gasteiger partial charge in [0.1, 0.15) is 5.58 Å². The fourth-order valence-electron chi connectivity index (χ4n) is 9.30. The summed E-state index contributed by atoms with van der Waals surface area (Å²) in [5.41, 5.74) is 13.9. The molecule has 9 rings (SSSR count). The molecule has 0 bridgehead atoms. The third kappa shape index (κ3) is 9.69. The second kappa shape index (κ2) is 18.8. The van der Waals surface area contributed by atoms with E-state index in [0.29, 0.717) is 22.7 Å². The van der Waals surface area contributed by atoms with Gasteiger partial charge in [0.05, 0.1) is 5.58 Å². The Morgan fingerprint density at radius 2 is 1.58 bits per heavy atom. The molecule has 0 spiro atoms. The molecule has 0 saturated heterocycles. The van der Waals surface area contributed by atoms with E-state index in [-0.39, 0.29) is 25.9 Å². The Morgan fingerprint density at radius 1 is 0.814 bits per heavy atom. The summed E-state index contributed by atoms with van der Waals surface area (Å²) in [7, 11) is 0. The summed E-state index contributed by atoms with van der Waals surface area (Å²) < 4.78 is 22.3. The molecule has 2 aliphatic carbocycles. The molecule has 2 aliphatic rings. The van der Waals surface area contributed by atoms with Crippen LogP contribution in [0.4, 0.5) is 4.39 Å². The van der Waals surface area contributed by atoms with E-state index < -0.39 is 13.3 Å². The average molecular weight is 1020 g/mol. The number of furan rings is 1. The van der Waals surface area contributed by atoms with Crippen LogP contribution in [0.25, 0.3) is 55.6 Å². The molecule has 0 atom stereocenters. The first-order chi connectivity index (χ1) is 28.0. The van der Waals surface area contributed by atoms with Crippen LogP contribution < -0.4 is 4.40 Å². The number of halogens is 1. The fraction of sp³-hybridized carbons (Fsp3) is 0.358. The van der Waals surface area contributed by atoms with Gasteiger partial charge in [-0.25, -0.2) is 0 Å². The maximum Gasteiger partial charge on any atom is 0.121 e. The largest absolute Gasteiger partial charge is 0.501 e. The zero-order valence-electron chi connectivity index (χ0n) is 35.6. The molecule has 3 heterocycles. The number of hydrogen-bond acceptors (Lipinski definition) is 3. The van der Waals surface area contributed by atoms with Gasteiger partial charge in [0, 0.05) is 31.7 Å². The molecule has 0 aliphatic heterocycles. The summed E-state index contributed by atoms with van der Waals surface area (Å²) >= 11 is -1.98. The summed E-state index contributed by atoms with van der Waals surface area (Å²) in [6.45, 7) is 6.22. The van der Waals surface area contributed by atoms with Crippen LogP contribution in [-0.4, -0.2) is 23.2 Å². The van der Waals surface area contributed by atoms with Crippen molar-refractivity contribution in [2.75, 3.05) is 0 Å². The molecule has 3 nitrogen and oxygen atoms in total. The Bertz CT molecular complexity index is 2560. The summed E-state index contributed by atoms with van der Waals surface area (Å²) in [4.78, 5) is 9.31. The Balaban J connectivity index is 0.000000199. The van der Waals surface area contributed by atoms with Crippen molar-refractivity contribution in [3.8, 4) is 33.6 Å². The van der Waals surface area contributed by atoms with Crippen molar-refractivity contribution < 1.29 is 28.9 Å². The van der Waals surface area contributed by atoms with Crippen LogP contribution in [-0.2, 0) is 45.8 Å². The Morgan fingerprint density at radius 3 is 2.37 bits per heavy atom. The summed E-state index contributed by atoms with van der Waals surface area (Å²) in [6.07, 6.45) is 17.9. The first kappa shape index (κ1) is 43.2. The fourth-order valence-corrected chi connectivity index (χ4v) is 12.6. The van der Waals surface area contributed by atoms with Crippen LogP contribution in [0.5, 0.6) is 0 Å². The molecule has 7 aromatic rings. The number of rotatable bonds is 8. The number of pyridine rings is 2. The first-order valence-electron chi connectivity index (χ1n) is 21.6. The number of benzene rings is 4. The molecule has 1 radical (unpaired) electrons. The SMILES string of the molecule is Cc1cc[c-]c(-c2cc(CC(C)C)[c]([Ge]([CH3])([CH3])[CH3])cn2)c1F.[Ir].[c-]1ccc2c(oc3cc(-c4cccc5c4CCCC5)ccc32)c1-c1cc(CC2CCCCC2)ccn1. The maximum atomic E-state index is 14.4. The molecular weight excluding hydrogens is 964 g/mol.